The van der Waals surface area contributed by atoms with Crippen molar-refractivity contribution in [2.45, 2.75) is 32.8 Å². The zero-order valence-corrected chi connectivity index (χ0v) is 10.7. The fourth-order valence-electron chi connectivity index (χ4n) is 2.14. The van der Waals surface area contributed by atoms with E-state index in [1.165, 1.54) is 0 Å². The number of rotatable bonds is 4. The van der Waals surface area contributed by atoms with E-state index in [1.54, 1.807) is 11.9 Å². The molecule has 0 spiro atoms. The molecular formula is C13H20N2O2. The number of likely N-dealkylation sites (N-methyl/N-ethyl adjacent to an activating group) is 1. The van der Waals surface area contributed by atoms with Gasteiger partial charge in [-0.3, -0.25) is 4.79 Å². The van der Waals surface area contributed by atoms with Crippen LogP contribution in [0.2, 0.25) is 0 Å². The molecule has 1 unspecified atom stereocenters. The smallest absolute Gasteiger partial charge is 0.270 e. The second-order valence-corrected chi connectivity index (χ2v) is 5.10. The van der Waals surface area contributed by atoms with Gasteiger partial charge >= 0.3 is 0 Å². The summed E-state index contributed by atoms with van der Waals surface area (Å²) in [7, 11) is 1.74. The van der Waals surface area contributed by atoms with E-state index >= 15 is 0 Å². The van der Waals surface area contributed by atoms with Gasteiger partial charge < -0.3 is 15.0 Å². The normalized spacial score (nSPS) is 16.9. The monoisotopic (exact) mass is 236 g/mol. The molecule has 0 radical (unpaired) electrons. The lowest BCUT2D eigenvalue weighted by molar-refractivity contribution is 0.0640. The van der Waals surface area contributed by atoms with Gasteiger partial charge in [0.15, 0.2) is 0 Å². The molecule has 1 saturated carbocycles. The molecule has 0 bridgehead atoms. The lowest BCUT2D eigenvalue weighted by Crippen LogP contribution is -2.35. The molecule has 1 amide bonds. The summed E-state index contributed by atoms with van der Waals surface area (Å²) in [5.74, 6) is 0.354. The van der Waals surface area contributed by atoms with E-state index in [1.807, 2.05) is 19.9 Å². The molecule has 4 heteroatoms. The average molecular weight is 236 g/mol. The Labute approximate surface area is 102 Å². The van der Waals surface area contributed by atoms with Gasteiger partial charge in [0.25, 0.3) is 5.91 Å². The van der Waals surface area contributed by atoms with Crippen molar-refractivity contribution in [3.63, 3.8) is 0 Å². The van der Waals surface area contributed by atoms with E-state index in [-0.39, 0.29) is 12.0 Å². The summed E-state index contributed by atoms with van der Waals surface area (Å²) in [5, 5.41) is 9.83. The van der Waals surface area contributed by atoms with Crippen LogP contribution in [0.3, 0.4) is 0 Å². The largest absolute Gasteiger partial charge is 0.391 e. The van der Waals surface area contributed by atoms with E-state index in [0.717, 1.165) is 24.1 Å². The van der Waals surface area contributed by atoms with Crippen molar-refractivity contribution in [3.05, 3.63) is 23.0 Å². The lowest BCUT2D eigenvalue weighted by atomic mass is 10.2. The van der Waals surface area contributed by atoms with Gasteiger partial charge in [0, 0.05) is 19.3 Å². The number of nitrogens with zero attached hydrogens (tertiary/aromatic N) is 1. The summed E-state index contributed by atoms with van der Waals surface area (Å²) in [4.78, 5) is 16.8. The highest BCUT2D eigenvalue weighted by atomic mass is 16.3. The van der Waals surface area contributed by atoms with Gasteiger partial charge in [0.2, 0.25) is 0 Å². The van der Waals surface area contributed by atoms with Crippen molar-refractivity contribution in [2.24, 2.45) is 5.92 Å². The molecule has 0 aliphatic heterocycles. The highest BCUT2D eigenvalue weighted by Crippen LogP contribution is 2.32. The molecule has 4 nitrogen and oxygen atoms in total. The topological polar surface area (TPSA) is 56.3 Å². The molecule has 1 aliphatic carbocycles. The second kappa shape index (κ2) is 4.53. The van der Waals surface area contributed by atoms with Gasteiger partial charge in [-0.2, -0.15) is 0 Å². The minimum Gasteiger partial charge on any atom is -0.391 e. The van der Waals surface area contributed by atoms with Crippen LogP contribution in [0.1, 0.15) is 34.6 Å². The molecule has 1 aliphatic rings. The highest BCUT2D eigenvalue weighted by molar-refractivity contribution is 5.93. The van der Waals surface area contributed by atoms with Gasteiger partial charge in [-0.1, -0.05) is 0 Å². The van der Waals surface area contributed by atoms with Crippen LogP contribution in [0.15, 0.2) is 6.07 Å². The molecule has 17 heavy (non-hydrogen) atoms. The van der Waals surface area contributed by atoms with Crippen LogP contribution in [0.4, 0.5) is 0 Å². The van der Waals surface area contributed by atoms with Crippen LogP contribution >= 0.6 is 0 Å². The number of aliphatic hydroxyl groups excluding tert-OH is 1. The average Bonchev–Trinajstić information content (AvgIpc) is 3.04. The first-order chi connectivity index (χ1) is 7.99. The first-order valence-electron chi connectivity index (χ1n) is 6.08. The van der Waals surface area contributed by atoms with E-state index in [4.69, 9.17) is 0 Å². The molecule has 1 fully saturated rings. The molecule has 0 saturated heterocycles. The maximum atomic E-state index is 12.1. The van der Waals surface area contributed by atoms with E-state index in [9.17, 15) is 9.90 Å². The number of aromatic amines is 1. The molecule has 0 aromatic carbocycles. The molecule has 94 valence electrons. The number of amides is 1. The molecule has 2 rings (SSSR count). The summed E-state index contributed by atoms with van der Waals surface area (Å²) < 4.78 is 0. The van der Waals surface area contributed by atoms with Crippen LogP contribution in [-0.2, 0) is 0 Å². The zero-order valence-electron chi connectivity index (χ0n) is 10.7. The predicted molar refractivity (Wildman–Crippen MR) is 66.0 cm³/mol. The van der Waals surface area contributed by atoms with Gasteiger partial charge in [-0.25, -0.2) is 0 Å². The first kappa shape index (κ1) is 12.2. The quantitative estimate of drug-likeness (QED) is 0.832. The van der Waals surface area contributed by atoms with Crippen LogP contribution < -0.4 is 0 Å². The Morgan fingerprint density at radius 1 is 1.59 bits per heavy atom. The van der Waals surface area contributed by atoms with Crippen molar-refractivity contribution >= 4 is 5.91 Å². The molecule has 1 atom stereocenters. The Balaban J connectivity index is 2.01. The minimum atomic E-state index is -0.375. The van der Waals surface area contributed by atoms with Crippen LogP contribution in [0.5, 0.6) is 0 Å². The number of aliphatic hydroxyl groups is 1. The third-order valence-electron chi connectivity index (χ3n) is 3.34. The number of hydrogen-bond donors (Lipinski definition) is 2. The fraction of sp³-hybridized carbons (Fsp3) is 0.615. The summed E-state index contributed by atoms with van der Waals surface area (Å²) >= 11 is 0. The maximum Gasteiger partial charge on any atom is 0.270 e. The fourth-order valence-corrected chi connectivity index (χ4v) is 2.14. The van der Waals surface area contributed by atoms with Gasteiger partial charge in [-0.05, 0) is 44.2 Å². The van der Waals surface area contributed by atoms with E-state index in [2.05, 4.69) is 4.98 Å². The summed E-state index contributed by atoms with van der Waals surface area (Å²) in [5.41, 5.74) is 2.58. The number of H-pyrrole nitrogens is 1. The third kappa shape index (κ3) is 2.69. The summed E-state index contributed by atoms with van der Waals surface area (Å²) in [6.07, 6.45) is 1.80. The number of carbonyl (C=O) groups is 1. The summed E-state index contributed by atoms with van der Waals surface area (Å²) in [6.45, 7) is 4.27. The van der Waals surface area contributed by atoms with Crippen molar-refractivity contribution in [3.8, 4) is 0 Å². The standard InChI is InChI=1S/C13H20N2O2/c1-8-6-9(2)14-12(8)13(17)15(3)7-11(16)10-4-5-10/h6,10-11,14,16H,4-5,7H2,1-3H3. The minimum absolute atomic E-state index is 0.0460. The Morgan fingerprint density at radius 3 is 2.71 bits per heavy atom. The van der Waals surface area contributed by atoms with Gasteiger partial charge in [0.05, 0.1) is 6.10 Å². The molecule has 1 aromatic heterocycles. The summed E-state index contributed by atoms with van der Waals surface area (Å²) in [6, 6.07) is 1.96. The van der Waals surface area contributed by atoms with Gasteiger partial charge in [0.1, 0.15) is 5.69 Å². The second-order valence-electron chi connectivity index (χ2n) is 5.10. The number of carbonyl (C=O) groups excluding carboxylic acids is 1. The van der Waals surface area contributed by atoms with Crippen molar-refractivity contribution in [1.29, 1.82) is 0 Å². The van der Waals surface area contributed by atoms with Crippen LogP contribution in [0, 0.1) is 19.8 Å². The molecular weight excluding hydrogens is 216 g/mol. The number of nitrogens with one attached hydrogen (secondary N) is 1. The Bertz CT molecular complexity index is 421. The van der Waals surface area contributed by atoms with E-state index < -0.39 is 0 Å². The number of aryl methyl sites for hydroxylation is 2. The number of aromatic nitrogens is 1. The molecule has 2 N–H and O–H groups in total. The van der Waals surface area contributed by atoms with E-state index in [0.29, 0.717) is 18.2 Å². The Kier molecular flexibility index (Phi) is 3.24. The highest BCUT2D eigenvalue weighted by Gasteiger charge is 2.31. The van der Waals surface area contributed by atoms with Crippen molar-refractivity contribution in [1.82, 2.24) is 9.88 Å². The third-order valence-corrected chi connectivity index (χ3v) is 3.34. The Morgan fingerprint density at radius 2 is 2.24 bits per heavy atom. The van der Waals surface area contributed by atoms with Gasteiger partial charge in [-0.15, -0.1) is 0 Å². The van der Waals surface area contributed by atoms with Crippen LogP contribution in [0.25, 0.3) is 0 Å². The van der Waals surface area contributed by atoms with Crippen molar-refractivity contribution in [2.75, 3.05) is 13.6 Å². The number of hydrogen-bond acceptors (Lipinski definition) is 2. The van der Waals surface area contributed by atoms with Crippen molar-refractivity contribution < 1.29 is 9.90 Å². The zero-order chi connectivity index (χ0) is 12.6. The maximum absolute atomic E-state index is 12.1. The molecule has 1 aromatic rings. The lowest BCUT2D eigenvalue weighted by Gasteiger charge is -2.20. The predicted octanol–water partition coefficient (Wildman–Crippen LogP) is 1.47. The SMILES string of the molecule is Cc1cc(C)c(C(=O)N(C)CC(O)C2CC2)[nH]1. The Hall–Kier alpha value is -1.29. The van der Waals surface area contributed by atoms with Crippen LogP contribution in [-0.4, -0.2) is 40.6 Å². The molecule has 1 heterocycles. The first-order valence-corrected chi connectivity index (χ1v) is 6.08.